The first-order valence-electron chi connectivity index (χ1n) is 5.96. The van der Waals surface area contributed by atoms with Crippen LogP contribution in [0.2, 0.25) is 5.02 Å². The van der Waals surface area contributed by atoms with E-state index in [1.807, 2.05) is 12.1 Å². The van der Waals surface area contributed by atoms with E-state index in [9.17, 15) is 0 Å². The number of hydrogen-bond acceptors (Lipinski definition) is 0. The summed E-state index contributed by atoms with van der Waals surface area (Å²) in [4.78, 5) is 0. The van der Waals surface area contributed by atoms with Crippen LogP contribution in [0.5, 0.6) is 0 Å². The predicted molar refractivity (Wildman–Crippen MR) is 84.8 cm³/mol. The molecule has 0 heterocycles. The van der Waals surface area contributed by atoms with Gasteiger partial charge in [0.25, 0.3) is 0 Å². The van der Waals surface area contributed by atoms with Crippen LogP contribution in [0.1, 0.15) is 32.3 Å². The SMILES string of the molecule is CCC(C)CC(CBr)(CBr)c1cccc(Cl)c1. The molecule has 3 heteroatoms. The van der Waals surface area contributed by atoms with Crippen LogP contribution in [0.3, 0.4) is 0 Å². The molecule has 0 spiro atoms. The van der Waals surface area contributed by atoms with Crippen LogP contribution in [0.15, 0.2) is 24.3 Å². The van der Waals surface area contributed by atoms with E-state index < -0.39 is 0 Å². The number of rotatable bonds is 6. The maximum absolute atomic E-state index is 6.10. The Bertz CT molecular complexity index is 348. The second-order valence-corrected chi connectivity index (χ2v) is 6.33. The van der Waals surface area contributed by atoms with Crippen LogP contribution < -0.4 is 0 Å². The molecule has 0 nitrogen and oxygen atoms in total. The van der Waals surface area contributed by atoms with Crippen molar-refractivity contribution in [2.24, 2.45) is 5.92 Å². The Balaban J connectivity index is 3.06. The fourth-order valence-corrected chi connectivity index (χ4v) is 4.27. The summed E-state index contributed by atoms with van der Waals surface area (Å²) >= 11 is 13.5. The zero-order valence-corrected chi connectivity index (χ0v) is 14.3. The normalized spacial score (nSPS) is 13.7. The van der Waals surface area contributed by atoms with Gasteiger partial charge in [0.2, 0.25) is 0 Å². The highest BCUT2D eigenvalue weighted by molar-refractivity contribution is 9.09. The Kier molecular flexibility index (Phi) is 6.54. The molecular formula is C14H19Br2Cl. The second kappa shape index (κ2) is 7.16. The van der Waals surface area contributed by atoms with Gasteiger partial charge in [0.1, 0.15) is 0 Å². The summed E-state index contributed by atoms with van der Waals surface area (Å²) < 4.78 is 0. The van der Waals surface area contributed by atoms with Gasteiger partial charge < -0.3 is 0 Å². The van der Waals surface area contributed by atoms with Crippen molar-refractivity contribution in [1.29, 1.82) is 0 Å². The standard InChI is InChI=1S/C14H19Br2Cl/c1-3-11(2)8-14(9-15,10-16)12-5-4-6-13(17)7-12/h4-7,11H,3,8-10H2,1-2H3. The fraction of sp³-hybridized carbons (Fsp3) is 0.571. The molecule has 0 N–H and O–H groups in total. The summed E-state index contributed by atoms with van der Waals surface area (Å²) in [5.74, 6) is 0.712. The average Bonchev–Trinajstić information content (AvgIpc) is 2.35. The number of benzene rings is 1. The molecule has 0 fully saturated rings. The molecule has 0 bridgehead atoms. The zero-order valence-electron chi connectivity index (χ0n) is 10.3. The first-order valence-corrected chi connectivity index (χ1v) is 8.58. The van der Waals surface area contributed by atoms with Crippen LogP contribution in [0.25, 0.3) is 0 Å². The third kappa shape index (κ3) is 3.97. The third-order valence-electron chi connectivity index (χ3n) is 3.38. The second-order valence-electron chi connectivity index (χ2n) is 4.78. The van der Waals surface area contributed by atoms with E-state index in [1.54, 1.807) is 0 Å². The molecule has 0 saturated carbocycles. The summed E-state index contributed by atoms with van der Waals surface area (Å²) in [5.41, 5.74) is 1.46. The van der Waals surface area contributed by atoms with Crippen LogP contribution in [0, 0.1) is 5.92 Å². The highest BCUT2D eigenvalue weighted by atomic mass is 79.9. The molecule has 0 aliphatic carbocycles. The summed E-state index contributed by atoms with van der Waals surface area (Å²) in [7, 11) is 0. The molecule has 0 radical (unpaired) electrons. The van der Waals surface area contributed by atoms with Crippen molar-refractivity contribution in [3.05, 3.63) is 34.9 Å². The van der Waals surface area contributed by atoms with E-state index in [4.69, 9.17) is 11.6 Å². The van der Waals surface area contributed by atoms with Crippen molar-refractivity contribution in [3.8, 4) is 0 Å². The van der Waals surface area contributed by atoms with E-state index in [2.05, 4.69) is 57.8 Å². The minimum absolute atomic E-state index is 0.139. The van der Waals surface area contributed by atoms with Crippen molar-refractivity contribution >= 4 is 43.5 Å². The quantitative estimate of drug-likeness (QED) is 0.545. The maximum atomic E-state index is 6.10. The lowest BCUT2D eigenvalue weighted by molar-refractivity contribution is 0.387. The van der Waals surface area contributed by atoms with Gasteiger partial charge in [0.15, 0.2) is 0 Å². The topological polar surface area (TPSA) is 0 Å². The van der Waals surface area contributed by atoms with Crippen molar-refractivity contribution in [2.45, 2.75) is 32.1 Å². The molecule has 96 valence electrons. The molecule has 1 rings (SSSR count). The maximum Gasteiger partial charge on any atom is 0.0408 e. The van der Waals surface area contributed by atoms with Gasteiger partial charge >= 0.3 is 0 Å². The molecule has 0 aliphatic rings. The molecule has 1 unspecified atom stereocenters. The number of halogens is 3. The van der Waals surface area contributed by atoms with Gasteiger partial charge in [-0.1, -0.05) is 75.9 Å². The van der Waals surface area contributed by atoms with Crippen LogP contribution >= 0.6 is 43.5 Å². The van der Waals surface area contributed by atoms with Crippen molar-refractivity contribution in [3.63, 3.8) is 0 Å². The molecular weight excluding hydrogens is 363 g/mol. The summed E-state index contributed by atoms with van der Waals surface area (Å²) in [6.07, 6.45) is 2.38. The third-order valence-corrected chi connectivity index (χ3v) is 5.77. The van der Waals surface area contributed by atoms with Gasteiger partial charge in [-0.2, -0.15) is 0 Å². The number of hydrogen-bond donors (Lipinski definition) is 0. The molecule has 0 saturated heterocycles. The Labute approximate surface area is 126 Å². The van der Waals surface area contributed by atoms with E-state index in [-0.39, 0.29) is 5.41 Å². The van der Waals surface area contributed by atoms with Crippen molar-refractivity contribution in [2.75, 3.05) is 10.7 Å². The van der Waals surface area contributed by atoms with Crippen molar-refractivity contribution in [1.82, 2.24) is 0 Å². The van der Waals surface area contributed by atoms with Gasteiger partial charge in [-0.3, -0.25) is 0 Å². The Morgan fingerprint density at radius 3 is 2.41 bits per heavy atom. The van der Waals surface area contributed by atoms with E-state index in [0.29, 0.717) is 5.92 Å². The van der Waals surface area contributed by atoms with E-state index in [0.717, 1.165) is 15.7 Å². The Morgan fingerprint density at radius 1 is 1.29 bits per heavy atom. The molecule has 17 heavy (non-hydrogen) atoms. The van der Waals surface area contributed by atoms with Gasteiger partial charge in [-0.25, -0.2) is 0 Å². The summed E-state index contributed by atoms with van der Waals surface area (Å²) in [6.45, 7) is 4.56. The highest BCUT2D eigenvalue weighted by Gasteiger charge is 2.31. The number of alkyl halides is 2. The van der Waals surface area contributed by atoms with Gasteiger partial charge in [-0.15, -0.1) is 0 Å². The van der Waals surface area contributed by atoms with Gasteiger partial charge in [-0.05, 0) is 30.0 Å². The van der Waals surface area contributed by atoms with Crippen LogP contribution in [0.4, 0.5) is 0 Å². The average molecular weight is 383 g/mol. The van der Waals surface area contributed by atoms with E-state index >= 15 is 0 Å². The van der Waals surface area contributed by atoms with Gasteiger partial charge in [0, 0.05) is 21.1 Å². The first kappa shape index (κ1) is 15.5. The zero-order chi connectivity index (χ0) is 12.9. The molecule has 1 aromatic rings. The van der Waals surface area contributed by atoms with Gasteiger partial charge in [0.05, 0.1) is 0 Å². The monoisotopic (exact) mass is 380 g/mol. The first-order chi connectivity index (χ1) is 8.07. The fourth-order valence-electron chi connectivity index (χ4n) is 2.05. The summed E-state index contributed by atoms with van der Waals surface area (Å²) in [6, 6.07) is 8.24. The summed E-state index contributed by atoms with van der Waals surface area (Å²) in [5, 5.41) is 2.73. The van der Waals surface area contributed by atoms with E-state index in [1.165, 1.54) is 18.4 Å². The van der Waals surface area contributed by atoms with Crippen LogP contribution in [-0.2, 0) is 5.41 Å². The molecule has 0 amide bonds. The smallest absolute Gasteiger partial charge is 0.0408 e. The minimum atomic E-state index is 0.139. The molecule has 1 aromatic carbocycles. The largest absolute Gasteiger partial charge is 0.0918 e. The highest BCUT2D eigenvalue weighted by Crippen LogP contribution is 2.37. The Hall–Kier alpha value is 0.470. The molecule has 0 aliphatic heterocycles. The van der Waals surface area contributed by atoms with Crippen molar-refractivity contribution < 1.29 is 0 Å². The lowest BCUT2D eigenvalue weighted by Crippen LogP contribution is -2.32. The lowest BCUT2D eigenvalue weighted by atomic mass is 9.77. The molecule has 1 atom stereocenters. The molecule has 0 aromatic heterocycles. The lowest BCUT2D eigenvalue weighted by Gasteiger charge is -2.33. The predicted octanol–water partition coefficient (Wildman–Crippen LogP) is 5.80. The van der Waals surface area contributed by atoms with Crippen LogP contribution in [-0.4, -0.2) is 10.7 Å². The Morgan fingerprint density at radius 2 is 1.94 bits per heavy atom. The minimum Gasteiger partial charge on any atom is -0.0918 e.